The van der Waals surface area contributed by atoms with E-state index in [0.717, 1.165) is 4.88 Å². The second-order valence-corrected chi connectivity index (χ2v) is 6.51. The van der Waals surface area contributed by atoms with Crippen LogP contribution < -0.4 is 10.4 Å². The molecule has 0 aliphatic heterocycles. The van der Waals surface area contributed by atoms with E-state index in [1.807, 2.05) is 17.5 Å². The number of hydrogen-bond acceptors (Lipinski definition) is 8. The topological polar surface area (TPSA) is 91.8 Å². The molecule has 8 heteroatoms. The van der Waals surface area contributed by atoms with Crippen LogP contribution in [0.5, 0.6) is 5.75 Å². The van der Waals surface area contributed by atoms with Crippen molar-refractivity contribution in [3.63, 3.8) is 0 Å². The van der Waals surface area contributed by atoms with Gasteiger partial charge in [-0.05, 0) is 23.6 Å². The van der Waals surface area contributed by atoms with Crippen LogP contribution in [0.15, 0.2) is 61.6 Å². The average molecular weight is 383 g/mol. The highest BCUT2D eigenvalue weighted by molar-refractivity contribution is 7.13. The zero-order valence-corrected chi connectivity index (χ0v) is 14.9. The molecule has 4 rings (SSSR count). The summed E-state index contributed by atoms with van der Waals surface area (Å²) in [5.41, 5.74) is -0.272. The standard InChI is InChI=1S/C19H13NO6S/c1-23-14-5-2-4-11-8-13(19(22)25-17(11)14)18(21)24-10-12-9-15(26-20-12)16-6-3-7-27-16/h2-9H,10H2,1H3. The van der Waals surface area contributed by atoms with E-state index in [1.165, 1.54) is 24.5 Å². The van der Waals surface area contributed by atoms with Crippen molar-refractivity contribution in [3.8, 4) is 16.4 Å². The van der Waals surface area contributed by atoms with Gasteiger partial charge in [-0.15, -0.1) is 11.3 Å². The summed E-state index contributed by atoms with van der Waals surface area (Å²) < 4.78 is 20.8. The van der Waals surface area contributed by atoms with Gasteiger partial charge in [-0.25, -0.2) is 9.59 Å². The third kappa shape index (κ3) is 3.34. The molecule has 0 saturated heterocycles. The first-order valence-corrected chi connectivity index (χ1v) is 8.81. The van der Waals surface area contributed by atoms with Gasteiger partial charge < -0.3 is 18.4 Å². The number of rotatable bonds is 5. The molecule has 0 N–H and O–H groups in total. The SMILES string of the molecule is COc1cccc2cc(C(=O)OCc3cc(-c4cccs4)on3)c(=O)oc12. The van der Waals surface area contributed by atoms with Gasteiger partial charge in [0.1, 0.15) is 17.9 Å². The lowest BCUT2D eigenvalue weighted by atomic mass is 10.2. The predicted octanol–water partition coefficient (Wildman–Crippen LogP) is 3.88. The van der Waals surface area contributed by atoms with Gasteiger partial charge in [0.2, 0.25) is 0 Å². The molecule has 0 bridgehead atoms. The van der Waals surface area contributed by atoms with Gasteiger partial charge >= 0.3 is 11.6 Å². The molecular formula is C19H13NO6S. The number of para-hydroxylation sites is 1. The van der Waals surface area contributed by atoms with E-state index >= 15 is 0 Å². The van der Waals surface area contributed by atoms with Crippen LogP contribution >= 0.6 is 11.3 Å². The van der Waals surface area contributed by atoms with Gasteiger partial charge in [-0.2, -0.15) is 0 Å². The maximum atomic E-state index is 12.3. The maximum Gasteiger partial charge on any atom is 0.351 e. The monoisotopic (exact) mass is 383 g/mol. The van der Waals surface area contributed by atoms with Crippen molar-refractivity contribution in [1.82, 2.24) is 5.16 Å². The minimum Gasteiger partial charge on any atom is -0.493 e. The second-order valence-electron chi connectivity index (χ2n) is 5.56. The Labute approximate surface area is 156 Å². The van der Waals surface area contributed by atoms with Crippen molar-refractivity contribution in [3.05, 3.63) is 69.5 Å². The molecule has 1 aromatic carbocycles. The fourth-order valence-electron chi connectivity index (χ4n) is 2.55. The van der Waals surface area contributed by atoms with Crippen molar-refractivity contribution in [2.75, 3.05) is 7.11 Å². The summed E-state index contributed by atoms with van der Waals surface area (Å²) in [4.78, 5) is 25.4. The van der Waals surface area contributed by atoms with Gasteiger partial charge in [-0.3, -0.25) is 0 Å². The van der Waals surface area contributed by atoms with Crippen LogP contribution in [-0.2, 0) is 11.3 Å². The molecule has 3 heterocycles. The van der Waals surface area contributed by atoms with Gasteiger partial charge in [0.05, 0.1) is 12.0 Å². The number of fused-ring (bicyclic) bond motifs is 1. The Morgan fingerprint density at radius 2 is 2.11 bits per heavy atom. The van der Waals surface area contributed by atoms with E-state index in [0.29, 0.717) is 22.6 Å². The number of aromatic nitrogens is 1. The first-order valence-electron chi connectivity index (χ1n) is 7.93. The molecule has 4 aromatic rings. The average Bonchev–Trinajstić information content (AvgIpc) is 3.36. The highest BCUT2D eigenvalue weighted by Crippen LogP contribution is 2.26. The van der Waals surface area contributed by atoms with Crippen LogP contribution in [0.4, 0.5) is 0 Å². The minimum absolute atomic E-state index is 0.122. The van der Waals surface area contributed by atoms with Crippen molar-refractivity contribution < 1.29 is 23.2 Å². The molecule has 0 radical (unpaired) electrons. The Morgan fingerprint density at radius 3 is 2.89 bits per heavy atom. The summed E-state index contributed by atoms with van der Waals surface area (Å²) in [7, 11) is 1.47. The Kier molecular flexibility index (Phi) is 4.47. The fourth-order valence-corrected chi connectivity index (χ4v) is 3.23. The summed E-state index contributed by atoms with van der Waals surface area (Å²) in [6.45, 7) is -0.122. The van der Waals surface area contributed by atoms with Crippen LogP contribution in [-0.4, -0.2) is 18.2 Å². The number of ether oxygens (including phenoxy) is 2. The molecule has 0 fully saturated rings. The molecule has 0 amide bonds. The number of methoxy groups -OCH3 is 1. The van der Waals surface area contributed by atoms with Crippen LogP contribution in [0, 0.1) is 0 Å². The zero-order chi connectivity index (χ0) is 18.8. The Hall–Kier alpha value is -3.39. The Bertz CT molecular complexity index is 1160. The molecule has 0 saturated carbocycles. The second kappa shape index (κ2) is 7.08. The van der Waals surface area contributed by atoms with Gasteiger partial charge in [0.15, 0.2) is 17.1 Å². The van der Waals surface area contributed by atoms with E-state index in [1.54, 1.807) is 24.3 Å². The summed E-state index contributed by atoms with van der Waals surface area (Å²) in [6, 6.07) is 12.0. The van der Waals surface area contributed by atoms with Gasteiger partial charge in [-0.1, -0.05) is 23.4 Å². The molecule has 7 nitrogen and oxygen atoms in total. The summed E-state index contributed by atoms with van der Waals surface area (Å²) in [5.74, 6) is 0.204. The summed E-state index contributed by atoms with van der Waals surface area (Å²) in [6.07, 6.45) is 0. The van der Waals surface area contributed by atoms with E-state index in [-0.39, 0.29) is 17.8 Å². The molecule has 27 heavy (non-hydrogen) atoms. The zero-order valence-electron chi connectivity index (χ0n) is 14.1. The molecule has 0 spiro atoms. The quantitative estimate of drug-likeness (QED) is 0.381. The van der Waals surface area contributed by atoms with Crippen molar-refractivity contribution in [1.29, 1.82) is 0 Å². The molecular weight excluding hydrogens is 370 g/mol. The summed E-state index contributed by atoms with van der Waals surface area (Å²) >= 11 is 1.51. The number of esters is 1. The highest BCUT2D eigenvalue weighted by Gasteiger charge is 2.18. The number of carbonyl (C=O) groups is 1. The van der Waals surface area contributed by atoms with Crippen molar-refractivity contribution in [2.45, 2.75) is 6.61 Å². The van der Waals surface area contributed by atoms with E-state index in [9.17, 15) is 9.59 Å². The third-order valence-electron chi connectivity index (χ3n) is 3.84. The molecule has 0 atom stereocenters. The lowest BCUT2D eigenvalue weighted by molar-refractivity contribution is 0.0459. The first kappa shape index (κ1) is 17.0. The fraction of sp³-hybridized carbons (Fsp3) is 0.105. The van der Waals surface area contributed by atoms with Crippen molar-refractivity contribution in [2.24, 2.45) is 0 Å². The molecule has 0 aliphatic carbocycles. The van der Waals surface area contributed by atoms with Gasteiger partial charge in [0, 0.05) is 11.5 Å². The molecule has 3 aromatic heterocycles. The third-order valence-corrected chi connectivity index (χ3v) is 4.72. The molecule has 0 aliphatic rings. The highest BCUT2D eigenvalue weighted by atomic mass is 32.1. The predicted molar refractivity (Wildman–Crippen MR) is 98.0 cm³/mol. The number of hydrogen-bond donors (Lipinski definition) is 0. The van der Waals surface area contributed by atoms with E-state index in [2.05, 4.69) is 5.16 Å². The van der Waals surface area contributed by atoms with Gasteiger partial charge in [0.25, 0.3) is 0 Å². The van der Waals surface area contributed by atoms with Crippen molar-refractivity contribution >= 4 is 28.3 Å². The lowest BCUT2D eigenvalue weighted by Gasteiger charge is -2.05. The molecule has 0 unspecified atom stereocenters. The van der Waals surface area contributed by atoms with Crippen LogP contribution in [0.25, 0.3) is 21.6 Å². The molecule has 136 valence electrons. The smallest absolute Gasteiger partial charge is 0.351 e. The normalized spacial score (nSPS) is 10.9. The maximum absolute atomic E-state index is 12.3. The summed E-state index contributed by atoms with van der Waals surface area (Å²) in [5, 5.41) is 6.35. The lowest BCUT2D eigenvalue weighted by Crippen LogP contribution is -2.16. The first-order chi connectivity index (χ1) is 13.2. The Balaban J connectivity index is 1.53. The number of carbonyl (C=O) groups excluding carboxylic acids is 1. The number of benzene rings is 1. The minimum atomic E-state index is -0.797. The van der Waals surface area contributed by atoms with Crippen LogP contribution in [0.1, 0.15) is 16.1 Å². The number of nitrogens with zero attached hydrogens (tertiary/aromatic N) is 1. The largest absolute Gasteiger partial charge is 0.493 e. The van der Waals surface area contributed by atoms with E-state index in [4.69, 9.17) is 18.4 Å². The van der Waals surface area contributed by atoms with Crippen LogP contribution in [0.3, 0.4) is 0 Å². The number of thiophene rings is 1. The van der Waals surface area contributed by atoms with E-state index < -0.39 is 11.6 Å². The Morgan fingerprint density at radius 1 is 1.22 bits per heavy atom. The van der Waals surface area contributed by atoms with Crippen LogP contribution in [0.2, 0.25) is 0 Å².